The van der Waals surface area contributed by atoms with Crippen LogP contribution in [0.5, 0.6) is 0 Å². The van der Waals surface area contributed by atoms with Gasteiger partial charge in [-0.15, -0.1) is 0 Å². The van der Waals surface area contributed by atoms with E-state index in [0.717, 1.165) is 19.0 Å². The number of nitrogens with zero attached hydrogens (tertiary/aromatic N) is 1. The Hall–Kier alpha value is -1.18. The lowest BCUT2D eigenvalue weighted by Crippen LogP contribution is -2.38. The maximum atomic E-state index is 12.4. The van der Waals surface area contributed by atoms with E-state index in [1.54, 1.807) is 0 Å². The molecule has 19 heavy (non-hydrogen) atoms. The molecule has 1 unspecified atom stereocenters. The summed E-state index contributed by atoms with van der Waals surface area (Å²) in [5, 5.41) is 13.5. The number of halogens is 1. The fourth-order valence-corrected chi connectivity index (χ4v) is 4.16. The van der Waals surface area contributed by atoms with Crippen LogP contribution in [0.15, 0.2) is 23.1 Å². The molecule has 0 amide bonds. The van der Waals surface area contributed by atoms with Crippen LogP contribution in [-0.2, 0) is 9.84 Å². The third-order valence-corrected chi connectivity index (χ3v) is 5.59. The molecule has 1 saturated heterocycles. The predicted molar refractivity (Wildman–Crippen MR) is 71.2 cm³/mol. The van der Waals surface area contributed by atoms with Crippen LogP contribution in [0, 0.1) is 10.1 Å². The molecular weight excluding hydrogens is 292 g/mol. The molecule has 1 aromatic carbocycles. The Morgan fingerprint density at radius 1 is 1.42 bits per heavy atom. The number of benzene rings is 1. The minimum absolute atomic E-state index is 0.146. The van der Waals surface area contributed by atoms with Crippen molar-refractivity contribution < 1.29 is 13.3 Å². The highest BCUT2D eigenvalue weighted by atomic mass is 35.5. The van der Waals surface area contributed by atoms with Crippen LogP contribution < -0.4 is 5.32 Å². The van der Waals surface area contributed by atoms with Crippen molar-refractivity contribution in [3.63, 3.8) is 0 Å². The van der Waals surface area contributed by atoms with Crippen LogP contribution in [-0.4, -0.2) is 31.7 Å². The zero-order valence-electron chi connectivity index (χ0n) is 10.0. The highest BCUT2D eigenvalue weighted by Crippen LogP contribution is 2.31. The summed E-state index contributed by atoms with van der Waals surface area (Å²) in [7, 11) is -3.72. The van der Waals surface area contributed by atoms with Gasteiger partial charge >= 0.3 is 0 Å². The Bertz CT molecular complexity index is 597. The molecule has 1 aromatic rings. The molecule has 2 rings (SSSR count). The van der Waals surface area contributed by atoms with Crippen LogP contribution in [0.2, 0.25) is 5.02 Å². The number of hydrogen-bond acceptors (Lipinski definition) is 5. The molecule has 104 valence electrons. The molecule has 1 heterocycles. The first-order valence-electron chi connectivity index (χ1n) is 5.81. The van der Waals surface area contributed by atoms with E-state index in [1.807, 2.05) is 0 Å². The molecule has 0 aliphatic carbocycles. The Labute approximate surface area is 115 Å². The average Bonchev–Trinajstić information content (AvgIpc) is 2.39. The first-order chi connectivity index (χ1) is 8.93. The van der Waals surface area contributed by atoms with Gasteiger partial charge < -0.3 is 5.32 Å². The molecule has 8 heteroatoms. The summed E-state index contributed by atoms with van der Waals surface area (Å²) in [6.45, 7) is 1.09. The second-order valence-electron chi connectivity index (χ2n) is 4.38. The van der Waals surface area contributed by atoms with E-state index in [1.165, 1.54) is 12.1 Å². The number of nitro benzene ring substituents is 1. The largest absolute Gasteiger partial charge is 0.315 e. The molecule has 0 aromatic heterocycles. The van der Waals surface area contributed by atoms with Gasteiger partial charge in [-0.2, -0.15) is 0 Å². The summed E-state index contributed by atoms with van der Waals surface area (Å²) in [4.78, 5) is 10.0. The van der Waals surface area contributed by atoms with Gasteiger partial charge in [0.05, 0.1) is 10.2 Å². The van der Waals surface area contributed by atoms with Crippen molar-refractivity contribution >= 4 is 27.1 Å². The smallest absolute Gasteiger partial charge is 0.289 e. The third kappa shape index (κ3) is 2.88. The number of rotatable bonds is 3. The van der Waals surface area contributed by atoms with Crippen LogP contribution in [0.1, 0.15) is 12.8 Å². The van der Waals surface area contributed by atoms with Gasteiger partial charge in [-0.05, 0) is 31.5 Å². The SMILES string of the molecule is O=[N+]([O-])c1cc(Cl)ccc1S(=O)(=O)C1CCCNC1. The lowest BCUT2D eigenvalue weighted by molar-refractivity contribution is -0.387. The van der Waals surface area contributed by atoms with Gasteiger partial charge in [-0.1, -0.05) is 11.6 Å². The van der Waals surface area contributed by atoms with Gasteiger partial charge in [0.15, 0.2) is 9.84 Å². The van der Waals surface area contributed by atoms with Crippen molar-refractivity contribution in [2.24, 2.45) is 0 Å². The number of nitrogens with one attached hydrogen (secondary N) is 1. The van der Waals surface area contributed by atoms with Crippen molar-refractivity contribution in [2.45, 2.75) is 23.0 Å². The number of sulfone groups is 1. The molecule has 0 bridgehead atoms. The van der Waals surface area contributed by atoms with Crippen LogP contribution >= 0.6 is 11.6 Å². The minimum Gasteiger partial charge on any atom is -0.315 e. The predicted octanol–water partition coefficient (Wildman–Crippen LogP) is 1.77. The number of nitro groups is 1. The highest BCUT2D eigenvalue weighted by Gasteiger charge is 2.34. The Balaban J connectivity index is 2.48. The minimum atomic E-state index is -3.72. The topological polar surface area (TPSA) is 89.3 Å². The van der Waals surface area contributed by atoms with Gasteiger partial charge in [0, 0.05) is 17.6 Å². The molecule has 6 nitrogen and oxygen atoms in total. The average molecular weight is 305 g/mol. The van der Waals surface area contributed by atoms with Gasteiger partial charge in [0.1, 0.15) is 4.90 Å². The molecule has 0 radical (unpaired) electrons. The maximum absolute atomic E-state index is 12.4. The van der Waals surface area contributed by atoms with Crippen LogP contribution in [0.25, 0.3) is 0 Å². The lowest BCUT2D eigenvalue weighted by Gasteiger charge is -2.22. The summed E-state index contributed by atoms with van der Waals surface area (Å²) in [5.74, 6) is 0. The molecule has 0 saturated carbocycles. The first kappa shape index (κ1) is 14.2. The van der Waals surface area contributed by atoms with Crippen molar-refractivity contribution in [3.8, 4) is 0 Å². The van der Waals surface area contributed by atoms with Gasteiger partial charge in [-0.25, -0.2) is 8.42 Å². The molecule has 1 atom stereocenters. The number of hydrogen-bond donors (Lipinski definition) is 1. The van der Waals surface area contributed by atoms with E-state index in [-0.39, 0.29) is 9.92 Å². The third-order valence-electron chi connectivity index (χ3n) is 3.11. The summed E-state index contributed by atoms with van der Waals surface area (Å²) < 4.78 is 24.9. The molecule has 1 fully saturated rings. The van der Waals surface area contributed by atoms with Gasteiger partial charge in [0.2, 0.25) is 0 Å². The summed E-state index contributed by atoms with van der Waals surface area (Å²) >= 11 is 5.69. The standard InChI is InChI=1S/C11H13ClN2O4S/c12-8-3-4-11(10(6-8)14(15)16)19(17,18)9-2-1-5-13-7-9/h3-4,6,9,13H,1-2,5,7H2. The van der Waals surface area contributed by atoms with Crippen molar-refractivity contribution in [1.29, 1.82) is 0 Å². The van der Waals surface area contributed by atoms with E-state index < -0.39 is 25.7 Å². The maximum Gasteiger partial charge on any atom is 0.289 e. The fraction of sp³-hybridized carbons (Fsp3) is 0.455. The summed E-state index contributed by atoms with van der Waals surface area (Å²) in [5.41, 5.74) is -0.460. The Kier molecular flexibility index (Phi) is 4.07. The summed E-state index contributed by atoms with van der Waals surface area (Å²) in [6.07, 6.45) is 1.25. The van der Waals surface area contributed by atoms with E-state index in [9.17, 15) is 18.5 Å². The van der Waals surface area contributed by atoms with Gasteiger partial charge in [-0.3, -0.25) is 10.1 Å². The normalized spacial score (nSPS) is 20.2. The van der Waals surface area contributed by atoms with Crippen molar-refractivity contribution in [3.05, 3.63) is 33.3 Å². The highest BCUT2D eigenvalue weighted by molar-refractivity contribution is 7.92. The fourth-order valence-electron chi connectivity index (χ4n) is 2.14. The number of piperidine rings is 1. The second kappa shape index (κ2) is 5.44. The Morgan fingerprint density at radius 2 is 2.16 bits per heavy atom. The van der Waals surface area contributed by atoms with Gasteiger partial charge in [0.25, 0.3) is 5.69 Å². The van der Waals surface area contributed by atoms with E-state index in [4.69, 9.17) is 11.6 Å². The molecule has 0 spiro atoms. The molecule has 1 N–H and O–H groups in total. The van der Waals surface area contributed by atoms with Crippen molar-refractivity contribution in [1.82, 2.24) is 5.32 Å². The van der Waals surface area contributed by atoms with Crippen molar-refractivity contribution in [2.75, 3.05) is 13.1 Å². The van der Waals surface area contributed by atoms with E-state index in [0.29, 0.717) is 13.0 Å². The second-order valence-corrected chi connectivity index (χ2v) is 7.02. The van der Waals surface area contributed by atoms with Crippen LogP contribution in [0.4, 0.5) is 5.69 Å². The quantitative estimate of drug-likeness (QED) is 0.679. The van der Waals surface area contributed by atoms with E-state index in [2.05, 4.69) is 5.32 Å². The molecular formula is C11H13ClN2O4S. The zero-order valence-corrected chi connectivity index (χ0v) is 11.6. The summed E-state index contributed by atoms with van der Waals surface area (Å²) in [6, 6.07) is 3.65. The molecule has 1 aliphatic rings. The molecule has 1 aliphatic heterocycles. The lowest BCUT2D eigenvalue weighted by atomic mass is 10.2. The zero-order chi connectivity index (χ0) is 14.0. The Morgan fingerprint density at radius 3 is 2.74 bits per heavy atom. The first-order valence-corrected chi connectivity index (χ1v) is 7.74. The van der Waals surface area contributed by atoms with E-state index >= 15 is 0 Å². The van der Waals surface area contributed by atoms with Crippen LogP contribution in [0.3, 0.4) is 0 Å². The monoisotopic (exact) mass is 304 g/mol.